The van der Waals surface area contributed by atoms with E-state index in [1.165, 1.54) is 13.4 Å². The Balaban J connectivity index is 2.71. The van der Waals surface area contributed by atoms with Crippen molar-refractivity contribution in [2.75, 3.05) is 7.11 Å². The lowest BCUT2D eigenvalue weighted by atomic mass is 9.99. The molecule has 8 heteroatoms. The molecule has 0 atom stereocenters. The second-order valence-corrected chi connectivity index (χ2v) is 5.28. The summed E-state index contributed by atoms with van der Waals surface area (Å²) in [5.74, 6) is 0.738. The molecule has 2 heterocycles. The summed E-state index contributed by atoms with van der Waals surface area (Å²) in [5, 5.41) is 0. The topological polar surface area (TPSA) is 95.9 Å². The summed E-state index contributed by atoms with van der Waals surface area (Å²) < 4.78 is 6.98. The molecular formula is C12H16ClN5O2. The van der Waals surface area contributed by atoms with Crippen LogP contribution in [0.1, 0.15) is 26.1 Å². The van der Waals surface area contributed by atoms with E-state index in [1.54, 1.807) is 0 Å². The molecule has 2 rings (SSSR count). The Bertz CT molecular complexity index is 653. The zero-order valence-corrected chi connectivity index (χ0v) is 12.3. The average molecular weight is 298 g/mol. The number of halogens is 1. The van der Waals surface area contributed by atoms with Crippen molar-refractivity contribution in [1.29, 1.82) is 0 Å². The highest BCUT2D eigenvalue weighted by Crippen LogP contribution is 2.30. The first-order valence-corrected chi connectivity index (χ1v) is 6.55. The zero-order chi connectivity index (χ0) is 14.9. The van der Waals surface area contributed by atoms with Gasteiger partial charge in [-0.25, -0.2) is 9.97 Å². The van der Waals surface area contributed by atoms with Crippen molar-refractivity contribution in [2.24, 2.45) is 5.73 Å². The van der Waals surface area contributed by atoms with Crippen molar-refractivity contribution in [3.63, 3.8) is 0 Å². The number of alkyl halides is 1. The van der Waals surface area contributed by atoms with Crippen LogP contribution in [0.5, 0.6) is 5.88 Å². The van der Waals surface area contributed by atoms with Gasteiger partial charge in [-0.05, 0) is 13.8 Å². The molecule has 0 aliphatic heterocycles. The van der Waals surface area contributed by atoms with Crippen LogP contribution in [-0.2, 0) is 16.2 Å². The van der Waals surface area contributed by atoms with Crippen molar-refractivity contribution in [2.45, 2.75) is 31.7 Å². The molecule has 2 aromatic heterocycles. The number of amides is 1. The van der Waals surface area contributed by atoms with Gasteiger partial charge in [0.1, 0.15) is 12.2 Å². The Labute approximate surface area is 121 Å². The Kier molecular flexibility index (Phi) is 3.80. The van der Waals surface area contributed by atoms with Gasteiger partial charge in [0.15, 0.2) is 11.2 Å². The van der Waals surface area contributed by atoms with Gasteiger partial charge in [0.05, 0.1) is 18.5 Å². The van der Waals surface area contributed by atoms with Crippen molar-refractivity contribution in [3.05, 3.63) is 12.2 Å². The van der Waals surface area contributed by atoms with E-state index in [1.807, 2.05) is 18.4 Å². The minimum atomic E-state index is -0.593. The van der Waals surface area contributed by atoms with Crippen molar-refractivity contribution in [1.82, 2.24) is 19.5 Å². The minimum absolute atomic E-state index is 0.147. The number of rotatable bonds is 5. The maximum atomic E-state index is 11.3. The van der Waals surface area contributed by atoms with Crippen LogP contribution in [0.25, 0.3) is 11.2 Å². The van der Waals surface area contributed by atoms with Gasteiger partial charge >= 0.3 is 0 Å². The number of ether oxygens (including phenoxy) is 1. The second-order valence-electron chi connectivity index (χ2n) is 5.01. The molecule has 2 aromatic rings. The van der Waals surface area contributed by atoms with E-state index < -0.39 is 11.4 Å². The first-order chi connectivity index (χ1) is 9.40. The summed E-state index contributed by atoms with van der Waals surface area (Å²) >= 11 is 5.95. The normalized spacial score (nSPS) is 11.8. The molecule has 0 saturated heterocycles. The molecule has 0 aliphatic rings. The molecule has 20 heavy (non-hydrogen) atoms. The summed E-state index contributed by atoms with van der Waals surface area (Å²) in [5.41, 5.74) is 5.81. The summed E-state index contributed by atoms with van der Waals surface area (Å²) in [6.45, 7) is 3.76. The Morgan fingerprint density at radius 2 is 2.20 bits per heavy atom. The number of primary amides is 1. The third-order valence-corrected chi connectivity index (χ3v) is 3.24. The highest BCUT2D eigenvalue weighted by molar-refractivity contribution is 6.16. The number of nitrogens with two attached hydrogens (primary N) is 1. The van der Waals surface area contributed by atoms with Crippen LogP contribution in [0.2, 0.25) is 0 Å². The molecular weight excluding hydrogens is 282 g/mol. The van der Waals surface area contributed by atoms with E-state index in [9.17, 15) is 4.79 Å². The van der Waals surface area contributed by atoms with E-state index in [4.69, 9.17) is 22.1 Å². The fraction of sp³-hybridized carbons (Fsp3) is 0.500. The largest absolute Gasteiger partial charge is 0.479 e. The number of hydrogen-bond acceptors (Lipinski definition) is 5. The number of carbonyl (C=O) groups is 1. The van der Waals surface area contributed by atoms with E-state index >= 15 is 0 Å². The lowest BCUT2D eigenvalue weighted by Crippen LogP contribution is -2.33. The number of nitrogens with zero attached hydrogens (tertiary/aromatic N) is 4. The third-order valence-electron chi connectivity index (χ3n) is 3.01. The SMILES string of the molecule is COc1ncnc2c1nc(CCl)n2C(C)(C)CC(N)=O. The standard InChI is InChI=1S/C12H16ClN5O2/c1-12(2,4-7(14)19)18-8(5-13)17-9-10(18)15-6-16-11(9)20-3/h6H,4-5H2,1-3H3,(H2,14,19). The number of methoxy groups -OCH3 is 1. The predicted molar refractivity (Wildman–Crippen MR) is 74.6 cm³/mol. The van der Waals surface area contributed by atoms with Crippen molar-refractivity contribution in [3.8, 4) is 5.88 Å². The smallest absolute Gasteiger partial charge is 0.245 e. The molecule has 0 aliphatic carbocycles. The minimum Gasteiger partial charge on any atom is -0.479 e. The summed E-state index contributed by atoms with van der Waals surface area (Å²) in [6, 6.07) is 0. The van der Waals surface area contributed by atoms with E-state index in [2.05, 4.69) is 15.0 Å². The number of fused-ring (bicyclic) bond motifs is 1. The molecule has 7 nitrogen and oxygen atoms in total. The molecule has 0 bridgehead atoms. The average Bonchev–Trinajstić information content (AvgIpc) is 2.75. The van der Waals surface area contributed by atoms with Crippen LogP contribution in [0.15, 0.2) is 6.33 Å². The summed E-state index contributed by atoms with van der Waals surface area (Å²) in [4.78, 5) is 23.9. The first kappa shape index (κ1) is 14.5. The quantitative estimate of drug-likeness (QED) is 0.836. The Morgan fingerprint density at radius 3 is 2.75 bits per heavy atom. The maximum Gasteiger partial charge on any atom is 0.245 e. The van der Waals surface area contributed by atoms with Crippen LogP contribution < -0.4 is 10.5 Å². The maximum absolute atomic E-state index is 11.3. The highest BCUT2D eigenvalue weighted by atomic mass is 35.5. The van der Waals surface area contributed by atoms with Gasteiger partial charge in [0.2, 0.25) is 11.8 Å². The fourth-order valence-corrected chi connectivity index (χ4v) is 2.48. The van der Waals surface area contributed by atoms with Crippen LogP contribution in [0, 0.1) is 0 Å². The van der Waals surface area contributed by atoms with Gasteiger partial charge in [0, 0.05) is 6.42 Å². The van der Waals surface area contributed by atoms with Gasteiger partial charge in [-0.1, -0.05) is 0 Å². The van der Waals surface area contributed by atoms with Crippen LogP contribution in [0.4, 0.5) is 0 Å². The molecule has 0 radical (unpaired) electrons. The van der Waals surface area contributed by atoms with Gasteiger partial charge in [0.25, 0.3) is 0 Å². The number of aromatic nitrogens is 4. The molecule has 0 aromatic carbocycles. The van der Waals surface area contributed by atoms with Gasteiger partial charge in [-0.15, -0.1) is 11.6 Å². The molecule has 0 unspecified atom stereocenters. The van der Waals surface area contributed by atoms with Crippen LogP contribution in [-0.4, -0.2) is 32.5 Å². The second kappa shape index (κ2) is 5.24. The summed E-state index contributed by atoms with van der Waals surface area (Å²) in [6.07, 6.45) is 1.53. The monoisotopic (exact) mass is 297 g/mol. The molecule has 2 N–H and O–H groups in total. The fourth-order valence-electron chi connectivity index (χ4n) is 2.30. The van der Waals surface area contributed by atoms with Gasteiger partial charge in [-0.3, -0.25) is 4.79 Å². The van der Waals surface area contributed by atoms with Crippen LogP contribution >= 0.6 is 11.6 Å². The molecule has 1 amide bonds. The number of carbonyl (C=O) groups excluding carboxylic acids is 1. The summed E-state index contributed by atoms with van der Waals surface area (Å²) in [7, 11) is 1.51. The molecule has 0 saturated carbocycles. The van der Waals surface area contributed by atoms with Crippen LogP contribution in [0.3, 0.4) is 0 Å². The van der Waals surface area contributed by atoms with E-state index in [0.29, 0.717) is 22.9 Å². The van der Waals surface area contributed by atoms with E-state index in [0.717, 1.165) is 0 Å². The molecule has 108 valence electrons. The predicted octanol–water partition coefficient (Wildman–Crippen LogP) is 1.18. The third kappa shape index (κ3) is 2.40. The van der Waals surface area contributed by atoms with Crippen molar-refractivity contribution < 1.29 is 9.53 Å². The lowest BCUT2D eigenvalue weighted by molar-refractivity contribution is -0.119. The van der Waals surface area contributed by atoms with E-state index in [-0.39, 0.29) is 12.3 Å². The first-order valence-electron chi connectivity index (χ1n) is 6.01. The van der Waals surface area contributed by atoms with Crippen molar-refractivity contribution >= 4 is 28.7 Å². The lowest BCUT2D eigenvalue weighted by Gasteiger charge is -2.27. The number of imidazole rings is 1. The Hall–Kier alpha value is -1.89. The van der Waals surface area contributed by atoms with Gasteiger partial charge < -0.3 is 15.0 Å². The highest BCUT2D eigenvalue weighted by Gasteiger charge is 2.29. The molecule has 0 spiro atoms. The molecule has 0 fully saturated rings. The number of hydrogen-bond donors (Lipinski definition) is 1. The Morgan fingerprint density at radius 1 is 1.50 bits per heavy atom. The van der Waals surface area contributed by atoms with Gasteiger partial charge in [-0.2, -0.15) is 4.98 Å². The zero-order valence-electron chi connectivity index (χ0n) is 11.6.